The second-order valence-electron chi connectivity index (χ2n) is 12.3. The van der Waals surface area contributed by atoms with Gasteiger partial charge in [-0.15, -0.1) is 0 Å². The average Bonchev–Trinajstić information content (AvgIpc) is 3.08. The minimum atomic E-state index is -4.74. The molecule has 6 nitrogen and oxygen atoms in total. The van der Waals surface area contributed by atoms with Gasteiger partial charge in [-0.1, -0.05) is 47.0 Å². The van der Waals surface area contributed by atoms with E-state index in [0.717, 1.165) is 19.3 Å². The molecule has 4 aliphatic carbocycles. The molecule has 4 aliphatic rings. The van der Waals surface area contributed by atoms with Crippen LogP contribution in [0.2, 0.25) is 0 Å². The third-order valence-electron chi connectivity index (χ3n) is 11.1. The summed E-state index contributed by atoms with van der Waals surface area (Å²) in [7, 11) is -4.74. The Labute approximate surface area is 200 Å². The van der Waals surface area contributed by atoms with E-state index in [9.17, 15) is 18.3 Å². The summed E-state index contributed by atoms with van der Waals surface area (Å²) >= 11 is 0. The quantitative estimate of drug-likeness (QED) is 0.489. The van der Waals surface area contributed by atoms with Gasteiger partial charge in [-0.25, -0.2) is 0 Å². The highest BCUT2D eigenvalue weighted by atomic mass is 32.3. The van der Waals surface area contributed by atoms with Crippen molar-refractivity contribution in [2.45, 2.75) is 104 Å². The third kappa shape index (κ3) is 4.40. The minimum Gasteiger partial charge on any atom is -0.393 e. The van der Waals surface area contributed by atoms with Crippen LogP contribution in [0.5, 0.6) is 0 Å². The molecule has 4 rings (SSSR count). The summed E-state index contributed by atoms with van der Waals surface area (Å²) in [5, 5.41) is 11.7. The summed E-state index contributed by atoms with van der Waals surface area (Å²) in [6.45, 7) is 9.38. The summed E-state index contributed by atoms with van der Waals surface area (Å²) in [5.74, 6) is 2.37. The van der Waals surface area contributed by atoms with Crippen LogP contribution in [-0.4, -0.2) is 30.2 Å². The molecule has 0 amide bonds. The Morgan fingerprint density at radius 3 is 2.39 bits per heavy atom. The first kappa shape index (κ1) is 25.4. The zero-order chi connectivity index (χ0) is 24.2. The zero-order valence-electron chi connectivity index (χ0n) is 20.8. The topological polar surface area (TPSA) is 101 Å². The number of rotatable bonds is 6. The van der Waals surface area contributed by atoms with E-state index < -0.39 is 16.4 Å². The van der Waals surface area contributed by atoms with Crippen molar-refractivity contribution in [3.63, 3.8) is 0 Å². The highest BCUT2D eigenvalue weighted by Crippen LogP contribution is 2.69. The molecule has 4 saturated carbocycles. The molecule has 0 spiro atoms. The third-order valence-corrected chi connectivity index (χ3v) is 11.5. The van der Waals surface area contributed by atoms with Crippen LogP contribution in [-0.2, 0) is 19.4 Å². The number of hydrogen-bond acceptors (Lipinski definition) is 5. The van der Waals surface area contributed by atoms with Crippen molar-refractivity contribution in [3.8, 4) is 0 Å². The van der Waals surface area contributed by atoms with Gasteiger partial charge in [-0.3, -0.25) is 9.35 Å². The van der Waals surface area contributed by atoms with Gasteiger partial charge in [0.1, 0.15) is 0 Å². The van der Waals surface area contributed by atoms with Gasteiger partial charge < -0.3 is 9.29 Å². The molecule has 0 aromatic carbocycles. The van der Waals surface area contributed by atoms with E-state index in [1.54, 1.807) is 0 Å². The summed E-state index contributed by atoms with van der Waals surface area (Å²) < 4.78 is 34.5. The van der Waals surface area contributed by atoms with Crippen molar-refractivity contribution in [2.24, 2.45) is 52.3 Å². The lowest BCUT2D eigenvalue weighted by molar-refractivity contribution is -0.194. The number of fused-ring (bicyclic) bond motifs is 5. The monoisotopic (exact) mass is 484 g/mol. The average molecular weight is 485 g/mol. The fraction of sp³-hybridized carbons (Fsp3) is 0.962. The Kier molecular flexibility index (Phi) is 7.00. The van der Waals surface area contributed by atoms with Crippen LogP contribution < -0.4 is 0 Å². The highest BCUT2D eigenvalue weighted by molar-refractivity contribution is 7.81. The largest absolute Gasteiger partial charge is 0.448 e. The first-order chi connectivity index (χ1) is 15.4. The summed E-state index contributed by atoms with van der Waals surface area (Å²) in [6, 6.07) is 0. The minimum absolute atomic E-state index is 0.00938. The number of carbonyl (C=O) groups excluding carboxylic acids is 1. The van der Waals surface area contributed by atoms with Crippen LogP contribution in [0.15, 0.2) is 0 Å². The zero-order valence-corrected chi connectivity index (χ0v) is 21.6. The molecule has 4 fully saturated rings. The predicted molar refractivity (Wildman–Crippen MR) is 126 cm³/mol. The van der Waals surface area contributed by atoms with Gasteiger partial charge >= 0.3 is 16.4 Å². The number of hydrogen-bond donors (Lipinski definition) is 2. The molecule has 33 heavy (non-hydrogen) atoms. The van der Waals surface area contributed by atoms with Gasteiger partial charge in [0.15, 0.2) is 0 Å². The smallest absolute Gasteiger partial charge is 0.393 e. The SMILES string of the molecule is CC[C@H]1[C@@H](O)[C@@H]2[C@H](CC[C@]3(C)[C@@H]([C@H](C)CCC(=O)OS(=O)(=O)O)CC[C@@H]23)[C@@]2(C)CCCC[C@@H]12. The van der Waals surface area contributed by atoms with E-state index in [-0.39, 0.29) is 23.9 Å². The molecule has 0 aliphatic heterocycles. The van der Waals surface area contributed by atoms with E-state index in [2.05, 4.69) is 31.9 Å². The molecule has 0 saturated heterocycles. The van der Waals surface area contributed by atoms with Crippen molar-refractivity contribution in [3.05, 3.63) is 0 Å². The molecule has 0 heterocycles. The molecular weight excluding hydrogens is 440 g/mol. The fourth-order valence-electron chi connectivity index (χ4n) is 9.72. The highest BCUT2D eigenvalue weighted by Gasteiger charge is 2.64. The Morgan fingerprint density at radius 1 is 1.03 bits per heavy atom. The van der Waals surface area contributed by atoms with Gasteiger partial charge in [-0.05, 0) is 97.2 Å². The van der Waals surface area contributed by atoms with Gasteiger partial charge in [-0.2, -0.15) is 8.42 Å². The summed E-state index contributed by atoms with van der Waals surface area (Å²) in [5.41, 5.74) is 0.498. The van der Waals surface area contributed by atoms with Gasteiger partial charge in [0.25, 0.3) is 0 Å². The predicted octanol–water partition coefficient (Wildman–Crippen LogP) is 5.40. The van der Waals surface area contributed by atoms with E-state index in [1.807, 2.05) is 0 Å². The lowest BCUT2D eigenvalue weighted by atomic mass is 9.41. The van der Waals surface area contributed by atoms with Crippen molar-refractivity contribution < 1.29 is 27.1 Å². The second-order valence-corrected chi connectivity index (χ2v) is 13.4. The lowest BCUT2D eigenvalue weighted by Crippen LogP contribution is -2.61. The van der Waals surface area contributed by atoms with E-state index in [4.69, 9.17) is 4.55 Å². The van der Waals surface area contributed by atoms with E-state index in [1.165, 1.54) is 38.5 Å². The van der Waals surface area contributed by atoms with Crippen LogP contribution in [0.3, 0.4) is 0 Å². The Balaban J connectivity index is 1.52. The van der Waals surface area contributed by atoms with Crippen molar-refractivity contribution in [1.29, 1.82) is 0 Å². The molecule has 10 atom stereocenters. The maximum absolute atomic E-state index is 11.8. The maximum atomic E-state index is 11.8. The van der Waals surface area contributed by atoms with Gasteiger partial charge in [0.05, 0.1) is 6.10 Å². The Bertz CT molecular complexity index is 842. The van der Waals surface area contributed by atoms with Crippen LogP contribution in [0.25, 0.3) is 0 Å². The maximum Gasteiger partial charge on any atom is 0.448 e. The second kappa shape index (κ2) is 9.09. The molecule has 190 valence electrons. The lowest BCUT2D eigenvalue weighted by Gasteiger charge is -2.64. The molecule has 0 aromatic rings. The van der Waals surface area contributed by atoms with Crippen molar-refractivity contribution in [2.75, 3.05) is 0 Å². The number of aliphatic hydroxyl groups excluding tert-OH is 1. The molecule has 0 radical (unpaired) electrons. The standard InChI is InChI=1S/C26H44O6S/c1-5-17-19-8-6-7-14-25(19,3)21-13-15-26(4)18(10-11-20(26)23(21)24(17)28)16(2)9-12-22(27)32-33(29,30)31/h16-21,23-24,28H,5-15H2,1-4H3,(H,29,30,31)/t16-,17-,18-,19+,20+,21+,23+,24-,25+,26-/m1/s1. The molecule has 0 bridgehead atoms. The van der Waals surface area contributed by atoms with Gasteiger partial charge in [0.2, 0.25) is 0 Å². The van der Waals surface area contributed by atoms with Crippen LogP contribution in [0, 0.1) is 52.3 Å². The molecule has 7 heteroatoms. The van der Waals surface area contributed by atoms with E-state index >= 15 is 0 Å². The Hall–Kier alpha value is -0.660. The molecule has 0 aromatic heterocycles. The fourth-order valence-corrected chi connectivity index (χ4v) is 10.0. The van der Waals surface area contributed by atoms with Crippen LogP contribution >= 0.6 is 0 Å². The molecule has 2 N–H and O–H groups in total. The van der Waals surface area contributed by atoms with Crippen LogP contribution in [0.4, 0.5) is 0 Å². The van der Waals surface area contributed by atoms with Crippen LogP contribution in [0.1, 0.15) is 98.3 Å². The Morgan fingerprint density at radius 2 is 1.73 bits per heavy atom. The summed E-state index contributed by atoms with van der Waals surface area (Å²) in [6.07, 6.45) is 11.2. The van der Waals surface area contributed by atoms with Crippen molar-refractivity contribution in [1.82, 2.24) is 0 Å². The van der Waals surface area contributed by atoms with Gasteiger partial charge in [0, 0.05) is 6.42 Å². The van der Waals surface area contributed by atoms with E-state index in [0.29, 0.717) is 47.3 Å². The molecule has 0 unspecified atom stereocenters. The number of carbonyl (C=O) groups is 1. The number of aliphatic hydroxyl groups is 1. The first-order valence-corrected chi connectivity index (χ1v) is 14.7. The first-order valence-electron chi connectivity index (χ1n) is 13.3. The molecular formula is C26H44O6S. The summed E-state index contributed by atoms with van der Waals surface area (Å²) in [4.78, 5) is 11.8. The van der Waals surface area contributed by atoms with Crippen molar-refractivity contribution >= 4 is 16.4 Å². The normalized spacial score (nSPS) is 46.1.